The smallest absolute Gasteiger partial charge is 0.0635 e. The maximum absolute atomic E-state index is 9.32. The molecule has 10 heavy (non-hydrogen) atoms. The molecular formula is C8H13NO. The molecule has 1 rings (SSSR count). The van der Waals surface area contributed by atoms with Gasteiger partial charge < -0.3 is 10.8 Å². The fraction of sp³-hybridized carbons (Fsp3) is 0.500. The molecule has 0 heterocycles. The molecule has 0 bridgehead atoms. The van der Waals surface area contributed by atoms with Gasteiger partial charge in [-0.3, -0.25) is 0 Å². The largest absolute Gasteiger partial charge is 0.399 e. The van der Waals surface area contributed by atoms with E-state index < -0.39 is 0 Å². The van der Waals surface area contributed by atoms with Crippen molar-refractivity contribution in [2.24, 2.45) is 11.7 Å². The molecule has 0 aliphatic heterocycles. The van der Waals surface area contributed by atoms with Gasteiger partial charge in [-0.15, -0.1) is 0 Å². The topological polar surface area (TPSA) is 46.2 Å². The van der Waals surface area contributed by atoms with Crippen molar-refractivity contribution >= 4 is 0 Å². The summed E-state index contributed by atoms with van der Waals surface area (Å²) in [6, 6.07) is 0. The first-order chi connectivity index (χ1) is 4.70. The number of nitrogens with two attached hydrogens (primary N) is 1. The number of allylic oxidation sites excluding steroid dienone is 1. The predicted octanol–water partition coefficient (Wildman–Crippen LogP) is 0.786. The number of hydrogen-bond acceptors (Lipinski definition) is 2. The van der Waals surface area contributed by atoms with Gasteiger partial charge >= 0.3 is 0 Å². The third-order valence-corrected chi connectivity index (χ3v) is 1.79. The van der Waals surface area contributed by atoms with Crippen LogP contribution in [0.4, 0.5) is 0 Å². The molecule has 1 aliphatic carbocycles. The van der Waals surface area contributed by atoms with Crippen LogP contribution in [0.2, 0.25) is 0 Å². The molecule has 3 N–H and O–H groups in total. The summed E-state index contributed by atoms with van der Waals surface area (Å²) in [5.41, 5.74) is 6.28. The van der Waals surface area contributed by atoms with Gasteiger partial charge in [0.2, 0.25) is 0 Å². The summed E-state index contributed by atoms with van der Waals surface area (Å²) in [7, 11) is 0. The molecule has 0 spiro atoms. The van der Waals surface area contributed by atoms with Crippen molar-refractivity contribution in [1.82, 2.24) is 0 Å². The number of rotatable bonds is 0. The maximum Gasteiger partial charge on any atom is 0.0635 e. The molecule has 56 valence electrons. The SMILES string of the molecule is C[C@H]1C=CC(N)=CC[C@H]1O. The highest BCUT2D eigenvalue weighted by Crippen LogP contribution is 2.13. The number of aliphatic hydroxyl groups excluding tert-OH is 1. The second-order valence-electron chi connectivity index (χ2n) is 2.73. The van der Waals surface area contributed by atoms with Crippen molar-refractivity contribution in [1.29, 1.82) is 0 Å². The first-order valence-corrected chi connectivity index (χ1v) is 3.52. The van der Waals surface area contributed by atoms with E-state index in [0.29, 0.717) is 6.42 Å². The van der Waals surface area contributed by atoms with Crippen LogP contribution in [0.3, 0.4) is 0 Å². The van der Waals surface area contributed by atoms with E-state index in [4.69, 9.17) is 5.73 Å². The Labute approximate surface area is 61.0 Å². The molecule has 0 aromatic heterocycles. The van der Waals surface area contributed by atoms with Crippen LogP contribution in [0, 0.1) is 5.92 Å². The molecule has 0 aromatic rings. The third kappa shape index (κ3) is 1.61. The van der Waals surface area contributed by atoms with Crippen LogP contribution in [0.25, 0.3) is 0 Å². The van der Waals surface area contributed by atoms with Gasteiger partial charge in [-0.05, 0) is 12.5 Å². The Morgan fingerprint density at radius 3 is 3.10 bits per heavy atom. The molecule has 2 atom stereocenters. The van der Waals surface area contributed by atoms with Gasteiger partial charge in [0, 0.05) is 11.6 Å². The lowest BCUT2D eigenvalue weighted by molar-refractivity contribution is 0.141. The minimum absolute atomic E-state index is 0.220. The summed E-state index contributed by atoms with van der Waals surface area (Å²) in [4.78, 5) is 0. The average molecular weight is 139 g/mol. The van der Waals surface area contributed by atoms with E-state index in [9.17, 15) is 5.11 Å². The summed E-state index contributed by atoms with van der Waals surface area (Å²) in [5.74, 6) is 0.220. The Bertz CT molecular complexity index is 172. The summed E-state index contributed by atoms with van der Waals surface area (Å²) < 4.78 is 0. The molecular weight excluding hydrogens is 126 g/mol. The minimum Gasteiger partial charge on any atom is -0.399 e. The van der Waals surface area contributed by atoms with Crippen LogP contribution in [0.5, 0.6) is 0 Å². The first-order valence-electron chi connectivity index (χ1n) is 3.52. The zero-order valence-electron chi connectivity index (χ0n) is 6.12. The monoisotopic (exact) mass is 139 g/mol. The zero-order chi connectivity index (χ0) is 7.56. The average Bonchev–Trinajstić information content (AvgIpc) is 2.04. The molecule has 0 aromatic carbocycles. The normalized spacial score (nSPS) is 33.2. The highest BCUT2D eigenvalue weighted by molar-refractivity contribution is 5.18. The molecule has 0 saturated heterocycles. The summed E-state index contributed by atoms with van der Waals surface area (Å²) >= 11 is 0. The van der Waals surface area contributed by atoms with Crippen molar-refractivity contribution in [3.63, 3.8) is 0 Å². The van der Waals surface area contributed by atoms with Gasteiger partial charge in [-0.25, -0.2) is 0 Å². The standard InChI is InChI=1S/C8H13NO/c1-6-2-3-7(9)4-5-8(6)10/h2-4,6,8,10H,5,9H2,1H3/t6-,8+/m0/s1. The van der Waals surface area contributed by atoms with Crippen molar-refractivity contribution in [2.45, 2.75) is 19.4 Å². The van der Waals surface area contributed by atoms with E-state index in [1.54, 1.807) is 0 Å². The molecule has 0 fully saturated rings. The van der Waals surface area contributed by atoms with E-state index >= 15 is 0 Å². The molecule has 0 amide bonds. The van der Waals surface area contributed by atoms with Gasteiger partial charge in [0.1, 0.15) is 0 Å². The first kappa shape index (κ1) is 7.35. The van der Waals surface area contributed by atoms with E-state index in [-0.39, 0.29) is 12.0 Å². The van der Waals surface area contributed by atoms with Gasteiger partial charge in [-0.1, -0.05) is 19.1 Å². The van der Waals surface area contributed by atoms with Crippen LogP contribution in [0.1, 0.15) is 13.3 Å². The van der Waals surface area contributed by atoms with Crippen molar-refractivity contribution in [2.75, 3.05) is 0 Å². The Kier molecular flexibility index (Phi) is 2.12. The van der Waals surface area contributed by atoms with Crippen molar-refractivity contribution in [3.05, 3.63) is 23.9 Å². The van der Waals surface area contributed by atoms with Crippen LogP contribution in [-0.4, -0.2) is 11.2 Å². The number of hydrogen-bond donors (Lipinski definition) is 2. The Balaban J connectivity index is 2.68. The fourth-order valence-electron chi connectivity index (χ4n) is 0.931. The van der Waals surface area contributed by atoms with Gasteiger partial charge in [0.25, 0.3) is 0 Å². The van der Waals surface area contributed by atoms with Gasteiger partial charge in [0.05, 0.1) is 6.10 Å². The Hall–Kier alpha value is -0.760. The molecule has 0 unspecified atom stereocenters. The molecule has 0 radical (unpaired) electrons. The van der Waals surface area contributed by atoms with Crippen LogP contribution in [-0.2, 0) is 0 Å². The lowest BCUT2D eigenvalue weighted by atomic mass is 10.0. The lowest BCUT2D eigenvalue weighted by Gasteiger charge is -2.10. The second kappa shape index (κ2) is 2.88. The minimum atomic E-state index is -0.266. The Morgan fingerprint density at radius 2 is 2.40 bits per heavy atom. The van der Waals surface area contributed by atoms with Crippen molar-refractivity contribution < 1.29 is 5.11 Å². The van der Waals surface area contributed by atoms with E-state index in [1.165, 1.54) is 0 Å². The fourth-order valence-corrected chi connectivity index (χ4v) is 0.931. The molecule has 2 heteroatoms. The van der Waals surface area contributed by atoms with E-state index in [2.05, 4.69) is 0 Å². The van der Waals surface area contributed by atoms with Crippen molar-refractivity contribution in [3.8, 4) is 0 Å². The Morgan fingerprint density at radius 1 is 1.70 bits per heavy atom. The van der Waals surface area contributed by atoms with Gasteiger partial charge in [0.15, 0.2) is 0 Å². The van der Waals surface area contributed by atoms with Crippen LogP contribution < -0.4 is 5.73 Å². The second-order valence-corrected chi connectivity index (χ2v) is 2.73. The third-order valence-electron chi connectivity index (χ3n) is 1.79. The summed E-state index contributed by atoms with van der Waals surface area (Å²) in [5, 5.41) is 9.32. The summed E-state index contributed by atoms with van der Waals surface area (Å²) in [6.45, 7) is 1.98. The predicted molar refractivity (Wildman–Crippen MR) is 41.2 cm³/mol. The molecule has 0 saturated carbocycles. The number of aliphatic hydroxyl groups is 1. The quantitative estimate of drug-likeness (QED) is 0.521. The van der Waals surface area contributed by atoms with Crippen LogP contribution in [0.15, 0.2) is 23.9 Å². The summed E-state index contributed by atoms with van der Waals surface area (Å²) in [6.07, 6.45) is 6.03. The lowest BCUT2D eigenvalue weighted by Crippen LogP contribution is -2.13. The maximum atomic E-state index is 9.32. The van der Waals surface area contributed by atoms with E-state index in [0.717, 1.165) is 5.70 Å². The van der Waals surface area contributed by atoms with Crippen LogP contribution >= 0.6 is 0 Å². The van der Waals surface area contributed by atoms with Gasteiger partial charge in [-0.2, -0.15) is 0 Å². The highest BCUT2D eigenvalue weighted by atomic mass is 16.3. The zero-order valence-corrected chi connectivity index (χ0v) is 6.12. The molecule has 1 aliphatic rings. The molecule has 2 nitrogen and oxygen atoms in total. The highest BCUT2D eigenvalue weighted by Gasteiger charge is 2.11. The van der Waals surface area contributed by atoms with E-state index in [1.807, 2.05) is 25.2 Å².